The molecular weight excluding hydrogens is 381 g/mol. The summed E-state index contributed by atoms with van der Waals surface area (Å²) in [6.07, 6.45) is 0.548. The van der Waals surface area contributed by atoms with Gasteiger partial charge < -0.3 is 9.42 Å². The lowest BCUT2D eigenvalue weighted by Gasteiger charge is -2.41. The first-order chi connectivity index (χ1) is 13.9. The molecule has 2 saturated heterocycles. The van der Waals surface area contributed by atoms with Crippen molar-refractivity contribution in [1.82, 2.24) is 19.9 Å². The van der Waals surface area contributed by atoms with Crippen molar-refractivity contribution in [2.24, 2.45) is 5.92 Å². The molecule has 1 aromatic heterocycles. The minimum atomic E-state index is -4.35. The highest BCUT2D eigenvalue weighted by Crippen LogP contribution is 2.30. The Kier molecular flexibility index (Phi) is 5.92. The summed E-state index contributed by atoms with van der Waals surface area (Å²) in [7, 11) is 0. The van der Waals surface area contributed by atoms with Gasteiger partial charge in [0.25, 0.3) is 0 Å². The lowest BCUT2D eigenvalue weighted by molar-refractivity contribution is -0.137. The molecule has 0 saturated carbocycles. The summed E-state index contributed by atoms with van der Waals surface area (Å²) in [5, 5.41) is 3.94. The summed E-state index contributed by atoms with van der Waals surface area (Å²) in [5.41, 5.74) is -0.165. The second-order valence-corrected chi connectivity index (χ2v) is 8.31. The fourth-order valence-electron chi connectivity index (χ4n) is 4.27. The molecule has 4 rings (SSSR count). The van der Waals surface area contributed by atoms with E-state index in [4.69, 9.17) is 4.52 Å². The van der Waals surface area contributed by atoms with Crippen LogP contribution >= 0.6 is 0 Å². The second kappa shape index (κ2) is 8.44. The van der Waals surface area contributed by atoms with E-state index in [1.165, 1.54) is 38.1 Å². The summed E-state index contributed by atoms with van der Waals surface area (Å²) in [6, 6.07) is 5.50. The Morgan fingerprint density at radius 3 is 2.28 bits per heavy atom. The molecule has 2 aliphatic heterocycles. The molecule has 2 fully saturated rings. The molecule has 0 spiro atoms. The molecule has 0 radical (unpaired) electrons. The van der Waals surface area contributed by atoms with E-state index >= 15 is 0 Å². The summed E-state index contributed by atoms with van der Waals surface area (Å²) in [6.45, 7) is 7.34. The molecule has 0 unspecified atom stereocenters. The lowest BCUT2D eigenvalue weighted by Crippen LogP contribution is -2.47. The molecule has 0 N–H and O–H groups in total. The third-order valence-electron chi connectivity index (χ3n) is 6.19. The fraction of sp³-hybridized carbons (Fsp3) is 0.619. The summed E-state index contributed by atoms with van der Waals surface area (Å²) in [5.74, 6) is 1.68. The second-order valence-electron chi connectivity index (χ2n) is 8.31. The Labute approximate surface area is 168 Å². The summed E-state index contributed by atoms with van der Waals surface area (Å²) < 4.78 is 43.4. The van der Waals surface area contributed by atoms with Crippen LogP contribution in [0.2, 0.25) is 0 Å². The van der Waals surface area contributed by atoms with Gasteiger partial charge in [-0.1, -0.05) is 24.2 Å². The van der Waals surface area contributed by atoms with Gasteiger partial charge in [-0.25, -0.2) is 0 Å². The van der Waals surface area contributed by atoms with Gasteiger partial charge in [-0.2, -0.15) is 18.2 Å². The number of rotatable bonds is 4. The number of halogens is 3. The predicted molar refractivity (Wildman–Crippen MR) is 103 cm³/mol. The van der Waals surface area contributed by atoms with E-state index in [0.29, 0.717) is 29.9 Å². The highest BCUT2D eigenvalue weighted by Gasteiger charge is 2.30. The van der Waals surface area contributed by atoms with Crippen molar-refractivity contribution in [1.29, 1.82) is 0 Å². The molecule has 158 valence electrons. The average molecular weight is 408 g/mol. The minimum absolute atomic E-state index is 0.325. The van der Waals surface area contributed by atoms with Crippen molar-refractivity contribution in [3.63, 3.8) is 0 Å². The van der Waals surface area contributed by atoms with Crippen LogP contribution in [0.15, 0.2) is 28.8 Å². The standard InChI is InChI=1S/C21H27F3N4O/c1-15-6-12-28(13-7-15)18-8-10-27(11-9-18)14-19-25-20(26-29-19)16-2-4-17(5-3-16)21(22,23)24/h2-5,15,18H,6-14H2,1H3. The van der Waals surface area contributed by atoms with Gasteiger partial charge in [0, 0.05) is 24.7 Å². The quantitative estimate of drug-likeness (QED) is 0.748. The minimum Gasteiger partial charge on any atom is -0.338 e. The van der Waals surface area contributed by atoms with Crippen LogP contribution < -0.4 is 0 Å². The highest BCUT2D eigenvalue weighted by atomic mass is 19.4. The number of hydrogen-bond donors (Lipinski definition) is 0. The van der Waals surface area contributed by atoms with E-state index in [-0.39, 0.29) is 0 Å². The zero-order valence-electron chi connectivity index (χ0n) is 16.7. The maximum absolute atomic E-state index is 12.7. The van der Waals surface area contributed by atoms with Gasteiger partial charge in [0.05, 0.1) is 12.1 Å². The van der Waals surface area contributed by atoms with Gasteiger partial charge in [0.1, 0.15) is 0 Å². The zero-order chi connectivity index (χ0) is 20.4. The first-order valence-corrected chi connectivity index (χ1v) is 10.3. The Morgan fingerprint density at radius 2 is 1.66 bits per heavy atom. The molecule has 0 aliphatic carbocycles. The molecule has 2 aliphatic rings. The predicted octanol–water partition coefficient (Wildman–Crippen LogP) is 4.45. The molecule has 0 bridgehead atoms. The number of hydrogen-bond acceptors (Lipinski definition) is 5. The van der Waals surface area contributed by atoms with Crippen molar-refractivity contribution >= 4 is 0 Å². The van der Waals surface area contributed by atoms with Crippen molar-refractivity contribution in [2.45, 2.75) is 51.4 Å². The van der Waals surface area contributed by atoms with E-state index in [0.717, 1.165) is 44.0 Å². The smallest absolute Gasteiger partial charge is 0.338 e. The zero-order valence-corrected chi connectivity index (χ0v) is 16.7. The maximum Gasteiger partial charge on any atom is 0.416 e. The van der Waals surface area contributed by atoms with Crippen LogP contribution in [0, 0.1) is 5.92 Å². The monoisotopic (exact) mass is 408 g/mol. The molecule has 29 heavy (non-hydrogen) atoms. The molecule has 2 aromatic rings. The normalized spacial score (nSPS) is 21.0. The van der Waals surface area contributed by atoms with Crippen LogP contribution in [0.25, 0.3) is 11.4 Å². The van der Waals surface area contributed by atoms with E-state index < -0.39 is 11.7 Å². The Hall–Kier alpha value is -1.93. The van der Waals surface area contributed by atoms with E-state index in [2.05, 4.69) is 26.9 Å². The van der Waals surface area contributed by atoms with Gasteiger partial charge in [-0.05, 0) is 56.8 Å². The number of likely N-dealkylation sites (tertiary alicyclic amines) is 2. The van der Waals surface area contributed by atoms with Crippen LogP contribution in [0.4, 0.5) is 13.2 Å². The average Bonchev–Trinajstić information content (AvgIpc) is 3.17. The third kappa shape index (κ3) is 4.98. The first kappa shape index (κ1) is 20.3. The van der Waals surface area contributed by atoms with Crippen LogP contribution in [-0.4, -0.2) is 52.2 Å². The van der Waals surface area contributed by atoms with Crippen molar-refractivity contribution in [3.8, 4) is 11.4 Å². The maximum atomic E-state index is 12.7. The molecule has 8 heteroatoms. The summed E-state index contributed by atoms with van der Waals surface area (Å²) in [4.78, 5) is 9.33. The summed E-state index contributed by atoms with van der Waals surface area (Å²) >= 11 is 0. The molecule has 3 heterocycles. The van der Waals surface area contributed by atoms with Gasteiger partial charge in [-0.3, -0.25) is 4.90 Å². The van der Waals surface area contributed by atoms with Gasteiger partial charge in [0.15, 0.2) is 0 Å². The Balaban J connectivity index is 1.30. The van der Waals surface area contributed by atoms with Crippen molar-refractivity contribution < 1.29 is 17.7 Å². The number of alkyl halides is 3. The topological polar surface area (TPSA) is 45.4 Å². The van der Waals surface area contributed by atoms with E-state index in [1.54, 1.807) is 0 Å². The SMILES string of the molecule is CC1CCN(C2CCN(Cc3nc(-c4ccc(C(F)(F)F)cc4)no3)CC2)CC1. The first-order valence-electron chi connectivity index (χ1n) is 10.3. The number of aromatic nitrogens is 2. The van der Waals surface area contributed by atoms with Crippen LogP contribution in [0.5, 0.6) is 0 Å². The number of nitrogens with zero attached hydrogens (tertiary/aromatic N) is 4. The number of piperidine rings is 2. The van der Waals surface area contributed by atoms with Crippen LogP contribution in [-0.2, 0) is 12.7 Å². The Morgan fingerprint density at radius 1 is 1.00 bits per heavy atom. The molecular formula is C21H27F3N4O. The van der Waals surface area contributed by atoms with Crippen molar-refractivity contribution in [3.05, 3.63) is 35.7 Å². The van der Waals surface area contributed by atoms with Crippen LogP contribution in [0.3, 0.4) is 0 Å². The van der Waals surface area contributed by atoms with Gasteiger partial charge >= 0.3 is 6.18 Å². The molecule has 1 aromatic carbocycles. The van der Waals surface area contributed by atoms with Crippen molar-refractivity contribution in [2.75, 3.05) is 26.2 Å². The van der Waals surface area contributed by atoms with E-state index in [1.807, 2.05) is 0 Å². The number of benzene rings is 1. The highest BCUT2D eigenvalue weighted by molar-refractivity contribution is 5.54. The largest absolute Gasteiger partial charge is 0.416 e. The molecule has 0 atom stereocenters. The van der Waals surface area contributed by atoms with Gasteiger partial charge in [0.2, 0.25) is 11.7 Å². The van der Waals surface area contributed by atoms with Gasteiger partial charge in [-0.15, -0.1) is 0 Å². The third-order valence-corrected chi connectivity index (χ3v) is 6.19. The molecule has 5 nitrogen and oxygen atoms in total. The van der Waals surface area contributed by atoms with Crippen LogP contribution in [0.1, 0.15) is 44.1 Å². The van der Waals surface area contributed by atoms with E-state index in [9.17, 15) is 13.2 Å². The lowest BCUT2D eigenvalue weighted by atomic mass is 9.95. The Bertz CT molecular complexity index is 789. The fourth-order valence-corrected chi connectivity index (χ4v) is 4.27. The molecule has 0 amide bonds.